The van der Waals surface area contributed by atoms with Crippen LogP contribution in [0.2, 0.25) is 5.02 Å². The van der Waals surface area contributed by atoms with Crippen molar-refractivity contribution in [2.75, 3.05) is 5.73 Å². The van der Waals surface area contributed by atoms with Gasteiger partial charge in [-0.05, 0) is 18.2 Å². The maximum absolute atomic E-state index is 5.93. The van der Waals surface area contributed by atoms with E-state index in [9.17, 15) is 0 Å². The minimum atomic E-state index is 0.243. The fourth-order valence-corrected chi connectivity index (χ4v) is 2.42. The standard InChI is InChI=1S/C12H14ClN3OS/c1-7(2)12-15-11(16-17-12)6-18-10-5-8(13)3-4-9(10)14/h3-5,7H,6,14H2,1-2H3. The van der Waals surface area contributed by atoms with Gasteiger partial charge in [0.25, 0.3) is 0 Å². The molecular weight excluding hydrogens is 270 g/mol. The Morgan fingerprint density at radius 3 is 2.89 bits per heavy atom. The van der Waals surface area contributed by atoms with Crippen LogP contribution >= 0.6 is 23.4 Å². The third-order valence-electron chi connectivity index (χ3n) is 2.31. The van der Waals surface area contributed by atoms with E-state index in [1.54, 1.807) is 23.9 Å². The Balaban J connectivity index is 2.04. The normalized spacial score (nSPS) is 11.1. The van der Waals surface area contributed by atoms with Crippen molar-refractivity contribution >= 4 is 29.1 Å². The third kappa shape index (κ3) is 3.17. The molecule has 0 bridgehead atoms. The molecule has 1 aromatic heterocycles. The molecule has 1 aromatic carbocycles. The Labute approximate surface area is 115 Å². The summed E-state index contributed by atoms with van der Waals surface area (Å²) >= 11 is 7.47. The molecule has 18 heavy (non-hydrogen) atoms. The first-order valence-corrected chi connectivity index (χ1v) is 6.93. The molecule has 0 amide bonds. The number of nitrogens with two attached hydrogens (primary N) is 1. The molecule has 1 heterocycles. The van der Waals surface area contributed by atoms with E-state index in [0.717, 1.165) is 4.90 Å². The predicted molar refractivity (Wildman–Crippen MR) is 73.8 cm³/mol. The molecule has 0 unspecified atom stereocenters. The number of thioether (sulfide) groups is 1. The molecule has 0 spiro atoms. The van der Waals surface area contributed by atoms with Crippen LogP contribution in [-0.2, 0) is 5.75 Å². The van der Waals surface area contributed by atoms with E-state index in [1.165, 1.54) is 0 Å². The van der Waals surface area contributed by atoms with Gasteiger partial charge in [-0.25, -0.2) is 0 Å². The number of hydrogen-bond acceptors (Lipinski definition) is 5. The van der Waals surface area contributed by atoms with E-state index in [4.69, 9.17) is 21.9 Å². The van der Waals surface area contributed by atoms with Crippen molar-refractivity contribution < 1.29 is 4.52 Å². The number of halogens is 1. The van der Waals surface area contributed by atoms with Gasteiger partial charge in [-0.1, -0.05) is 30.6 Å². The Hall–Kier alpha value is -1.20. The van der Waals surface area contributed by atoms with Gasteiger partial charge < -0.3 is 10.3 Å². The highest BCUT2D eigenvalue weighted by molar-refractivity contribution is 7.98. The maximum atomic E-state index is 5.93. The summed E-state index contributed by atoms with van der Waals surface area (Å²) in [5.74, 6) is 2.18. The number of nitrogen functional groups attached to an aromatic ring is 1. The van der Waals surface area contributed by atoms with Crippen molar-refractivity contribution in [1.29, 1.82) is 0 Å². The third-order valence-corrected chi connectivity index (χ3v) is 3.61. The Bertz CT molecular complexity index is 542. The van der Waals surface area contributed by atoms with Crippen molar-refractivity contribution in [1.82, 2.24) is 10.1 Å². The second kappa shape index (κ2) is 5.63. The molecule has 0 saturated heterocycles. The fourth-order valence-electron chi connectivity index (χ4n) is 1.34. The van der Waals surface area contributed by atoms with Gasteiger partial charge in [0.15, 0.2) is 5.82 Å². The van der Waals surface area contributed by atoms with Crippen LogP contribution in [0.25, 0.3) is 0 Å². The van der Waals surface area contributed by atoms with Gasteiger partial charge in [0, 0.05) is 21.5 Å². The molecule has 0 aliphatic heterocycles. The first-order chi connectivity index (χ1) is 8.56. The van der Waals surface area contributed by atoms with Crippen LogP contribution in [0.1, 0.15) is 31.5 Å². The van der Waals surface area contributed by atoms with Crippen LogP contribution in [0.5, 0.6) is 0 Å². The van der Waals surface area contributed by atoms with E-state index >= 15 is 0 Å². The van der Waals surface area contributed by atoms with Crippen LogP contribution in [0.15, 0.2) is 27.6 Å². The van der Waals surface area contributed by atoms with Crippen molar-refractivity contribution in [2.24, 2.45) is 0 Å². The molecular formula is C12H14ClN3OS. The number of hydrogen-bond donors (Lipinski definition) is 1. The van der Waals surface area contributed by atoms with Crippen molar-refractivity contribution in [3.63, 3.8) is 0 Å². The summed E-state index contributed by atoms with van der Waals surface area (Å²) in [6.45, 7) is 4.03. The van der Waals surface area contributed by atoms with E-state index in [-0.39, 0.29) is 5.92 Å². The molecule has 4 nitrogen and oxygen atoms in total. The summed E-state index contributed by atoms with van der Waals surface area (Å²) < 4.78 is 5.14. The zero-order valence-electron chi connectivity index (χ0n) is 10.2. The average Bonchev–Trinajstić information content (AvgIpc) is 2.79. The summed E-state index contributed by atoms with van der Waals surface area (Å²) in [4.78, 5) is 5.23. The van der Waals surface area contributed by atoms with Crippen molar-refractivity contribution in [3.05, 3.63) is 34.9 Å². The zero-order valence-corrected chi connectivity index (χ0v) is 11.8. The average molecular weight is 284 g/mol. The van der Waals surface area contributed by atoms with E-state index < -0.39 is 0 Å². The van der Waals surface area contributed by atoms with Gasteiger partial charge in [-0.15, -0.1) is 11.8 Å². The molecule has 2 N–H and O–H groups in total. The van der Waals surface area contributed by atoms with Crippen LogP contribution in [-0.4, -0.2) is 10.1 Å². The minimum absolute atomic E-state index is 0.243. The quantitative estimate of drug-likeness (QED) is 0.684. The van der Waals surface area contributed by atoms with Gasteiger partial charge in [0.1, 0.15) is 0 Å². The molecule has 0 saturated carbocycles. The summed E-state index contributed by atoms with van der Waals surface area (Å²) in [5.41, 5.74) is 6.57. The number of rotatable bonds is 4. The summed E-state index contributed by atoms with van der Waals surface area (Å²) in [6.07, 6.45) is 0. The minimum Gasteiger partial charge on any atom is -0.398 e. The highest BCUT2D eigenvalue weighted by Crippen LogP contribution is 2.30. The predicted octanol–water partition coefficient (Wildman–Crippen LogP) is 3.72. The highest BCUT2D eigenvalue weighted by atomic mass is 35.5. The SMILES string of the molecule is CC(C)c1nc(CSc2cc(Cl)ccc2N)no1. The Kier molecular flexibility index (Phi) is 4.14. The number of aromatic nitrogens is 2. The number of benzene rings is 1. The van der Waals surface area contributed by atoms with Gasteiger partial charge in [0.2, 0.25) is 5.89 Å². The largest absolute Gasteiger partial charge is 0.398 e. The van der Waals surface area contributed by atoms with Crippen LogP contribution < -0.4 is 5.73 Å². The highest BCUT2D eigenvalue weighted by Gasteiger charge is 2.10. The first kappa shape index (κ1) is 13.2. The number of nitrogens with zero attached hydrogens (tertiary/aromatic N) is 2. The van der Waals surface area contributed by atoms with Gasteiger partial charge >= 0.3 is 0 Å². The van der Waals surface area contributed by atoms with Crippen molar-refractivity contribution in [3.8, 4) is 0 Å². The monoisotopic (exact) mass is 283 g/mol. The molecule has 0 fully saturated rings. The topological polar surface area (TPSA) is 64.9 Å². The molecule has 0 radical (unpaired) electrons. The van der Waals surface area contributed by atoms with Gasteiger partial charge in [-0.2, -0.15) is 4.98 Å². The van der Waals surface area contributed by atoms with Gasteiger partial charge in [-0.3, -0.25) is 0 Å². The molecule has 96 valence electrons. The lowest BCUT2D eigenvalue weighted by Gasteiger charge is -2.03. The van der Waals surface area contributed by atoms with E-state index in [0.29, 0.717) is 28.2 Å². The maximum Gasteiger partial charge on any atom is 0.229 e. The van der Waals surface area contributed by atoms with Crippen LogP contribution in [0, 0.1) is 0 Å². The molecule has 2 rings (SSSR count). The molecule has 0 aliphatic carbocycles. The van der Waals surface area contributed by atoms with Crippen LogP contribution in [0.3, 0.4) is 0 Å². The molecule has 0 atom stereocenters. The molecule has 0 aliphatic rings. The first-order valence-electron chi connectivity index (χ1n) is 5.56. The Morgan fingerprint density at radius 1 is 1.44 bits per heavy atom. The lowest BCUT2D eigenvalue weighted by atomic mass is 10.2. The lowest BCUT2D eigenvalue weighted by molar-refractivity contribution is 0.362. The van der Waals surface area contributed by atoms with E-state index in [2.05, 4.69) is 10.1 Å². The lowest BCUT2D eigenvalue weighted by Crippen LogP contribution is -1.91. The van der Waals surface area contributed by atoms with E-state index in [1.807, 2.05) is 19.9 Å². The number of anilines is 1. The summed E-state index contributed by atoms with van der Waals surface area (Å²) in [6, 6.07) is 5.40. The second-order valence-electron chi connectivity index (χ2n) is 4.17. The smallest absolute Gasteiger partial charge is 0.229 e. The van der Waals surface area contributed by atoms with Gasteiger partial charge in [0.05, 0.1) is 5.75 Å². The summed E-state index contributed by atoms with van der Waals surface area (Å²) in [5, 5.41) is 4.59. The van der Waals surface area contributed by atoms with Crippen LogP contribution in [0.4, 0.5) is 5.69 Å². The second-order valence-corrected chi connectivity index (χ2v) is 5.63. The van der Waals surface area contributed by atoms with Crippen molar-refractivity contribution in [2.45, 2.75) is 30.4 Å². The zero-order chi connectivity index (χ0) is 13.1. The summed E-state index contributed by atoms with van der Waals surface area (Å²) in [7, 11) is 0. The molecule has 6 heteroatoms. The Morgan fingerprint density at radius 2 is 2.22 bits per heavy atom. The molecule has 2 aromatic rings. The fraction of sp³-hybridized carbons (Fsp3) is 0.333.